The summed E-state index contributed by atoms with van der Waals surface area (Å²) in [5.41, 5.74) is 0.274. The first-order chi connectivity index (χ1) is 12.5. The number of rotatable bonds is 5. The predicted octanol–water partition coefficient (Wildman–Crippen LogP) is 0.725. The van der Waals surface area contributed by atoms with Gasteiger partial charge in [-0.1, -0.05) is 32.4 Å². The van der Waals surface area contributed by atoms with Gasteiger partial charge >= 0.3 is 0 Å². The molecule has 0 radical (unpaired) electrons. The summed E-state index contributed by atoms with van der Waals surface area (Å²) in [5, 5.41) is 11.8. The van der Waals surface area contributed by atoms with E-state index in [9.17, 15) is 19.5 Å². The van der Waals surface area contributed by atoms with Crippen molar-refractivity contribution in [2.24, 2.45) is 5.92 Å². The summed E-state index contributed by atoms with van der Waals surface area (Å²) < 4.78 is 1.35. The number of amides is 1. The second kappa shape index (κ2) is 7.27. The third-order valence-electron chi connectivity index (χ3n) is 5.23. The minimum atomic E-state index is -1.25. The quantitative estimate of drug-likeness (QED) is 0.787. The Bertz CT molecular complexity index is 892. The molecule has 3 atom stereocenters. The highest BCUT2D eigenvalue weighted by Gasteiger charge is 2.37. The lowest BCUT2D eigenvalue weighted by Gasteiger charge is -2.32. The molecular formula is C19H22N3O4-. The van der Waals surface area contributed by atoms with Crippen molar-refractivity contribution < 1.29 is 14.7 Å². The molecule has 1 fully saturated rings. The number of nitrogens with zero attached hydrogens (tertiary/aromatic N) is 3. The fraction of sp³-hybridized carbons (Fsp3) is 0.474. The number of carbonyl (C=O) groups is 2. The van der Waals surface area contributed by atoms with E-state index in [2.05, 4.69) is 4.98 Å². The molecule has 1 aromatic heterocycles. The molecule has 138 valence electrons. The van der Waals surface area contributed by atoms with Crippen LogP contribution < -0.4 is 10.7 Å². The zero-order valence-corrected chi connectivity index (χ0v) is 14.9. The Morgan fingerprint density at radius 2 is 2.08 bits per heavy atom. The maximum absolute atomic E-state index is 13.2. The van der Waals surface area contributed by atoms with E-state index in [1.54, 1.807) is 24.3 Å². The number of hydrogen-bond donors (Lipinski definition) is 0. The van der Waals surface area contributed by atoms with Gasteiger partial charge in [0.05, 0.1) is 29.2 Å². The number of carboxylic acid groups (broad SMARTS) is 1. The Kier molecular flexibility index (Phi) is 5.06. The maximum atomic E-state index is 13.2. The summed E-state index contributed by atoms with van der Waals surface area (Å²) in [6.45, 7) is 4.18. The SMILES string of the molecule is CC[C@H](C)[C@@H](C(=O)N1CCC[C@@H]1C(=O)[O-])n1cnc2ccccc2c1=O. The Morgan fingerprint density at radius 3 is 2.77 bits per heavy atom. The number of para-hydroxylation sites is 1. The number of fused-ring (bicyclic) bond motifs is 1. The van der Waals surface area contributed by atoms with Crippen LogP contribution in [0, 0.1) is 5.92 Å². The molecule has 26 heavy (non-hydrogen) atoms. The smallest absolute Gasteiger partial charge is 0.261 e. The molecule has 1 aliphatic rings. The molecule has 1 saturated heterocycles. The molecule has 1 aromatic carbocycles. The summed E-state index contributed by atoms with van der Waals surface area (Å²) in [6.07, 6.45) is 3.05. The van der Waals surface area contributed by atoms with Gasteiger partial charge in [0.15, 0.2) is 0 Å². The molecule has 0 N–H and O–H groups in total. The van der Waals surface area contributed by atoms with Gasteiger partial charge < -0.3 is 14.8 Å². The number of carboxylic acids is 1. The predicted molar refractivity (Wildman–Crippen MR) is 94.2 cm³/mol. The van der Waals surface area contributed by atoms with Crippen molar-refractivity contribution in [1.29, 1.82) is 0 Å². The average Bonchev–Trinajstić information content (AvgIpc) is 3.14. The molecule has 0 unspecified atom stereocenters. The van der Waals surface area contributed by atoms with Gasteiger partial charge in [0, 0.05) is 6.54 Å². The van der Waals surface area contributed by atoms with Crippen LogP contribution in [-0.4, -0.2) is 38.9 Å². The average molecular weight is 356 g/mol. The number of aromatic nitrogens is 2. The third kappa shape index (κ3) is 3.09. The van der Waals surface area contributed by atoms with E-state index in [0.29, 0.717) is 36.7 Å². The van der Waals surface area contributed by atoms with Crippen molar-refractivity contribution in [3.63, 3.8) is 0 Å². The standard InChI is InChI=1S/C19H23N3O4/c1-3-12(2)16(18(24)21-10-6-9-15(21)19(25)26)22-11-20-14-8-5-4-7-13(14)17(22)23/h4-5,7-8,11-12,15-16H,3,6,9-10H2,1-2H3,(H,25,26)/p-1/t12-,15+,16-/m0/s1. The molecule has 0 saturated carbocycles. The molecular weight excluding hydrogens is 334 g/mol. The van der Waals surface area contributed by atoms with Gasteiger partial charge in [-0.3, -0.25) is 14.2 Å². The van der Waals surface area contributed by atoms with Crippen LogP contribution in [0.5, 0.6) is 0 Å². The van der Waals surface area contributed by atoms with E-state index >= 15 is 0 Å². The molecule has 0 aliphatic carbocycles. The second-order valence-electron chi connectivity index (χ2n) is 6.81. The van der Waals surface area contributed by atoms with Crippen molar-refractivity contribution >= 4 is 22.8 Å². The van der Waals surface area contributed by atoms with Crippen molar-refractivity contribution in [1.82, 2.24) is 14.5 Å². The molecule has 7 nitrogen and oxygen atoms in total. The first-order valence-corrected chi connectivity index (χ1v) is 8.93. The van der Waals surface area contributed by atoms with E-state index in [4.69, 9.17) is 0 Å². The van der Waals surface area contributed by atoms with E-state index in [0.717, 1.165) is 0 Å². The van der Waals surface area contributed by atoms with Gasteiger partial charge in [0.25, 0.3) is 5.56 Å². The van der Waals surface area contributed by atoms with Crippen LogP contribution in [0.3, 0.4) is 0 Å². The third-order valence-corrected chi connectivity index (χ3v) is 5.23. The zero-order chi connectivity index (χ0) is 18.8. The highest BCUT2D eigenvalue weighted by Crippen LogP contribution is 2.27. The van der Waals surface area contributed by atoms with E-state index in [1.807, 2.05) is 13.8 Å². The van der Waals surface area contributed by atoms with Crippen LogP contribution >= 0.6 is 0 Å². The van der Waals surface area contributed by atoms with Crippen molar-refractivity contribution in [3.05, 3.63) is 40.9 Å². The Labute approximate surface area is 151 Å². The molecule has 2 heterocycles. The first-order valence-electron chi connectivity index (χ1n) is 8.93. The van der Waals surface area contributed by atoms with Crippen molar-refractivity contribution in [2.75, 3.05) is 6.54 Å². The van der Waals surface area contributed by atoms with Crippen LogP contribution in [0.2, 0.25) is 0 Å². The molecule has 0 bridgehead atoms. The van der Waals surface area contributed by atoms with Crippen LogP contribution in [-0.2, 0) is 9.59 Å². The van der Waals surface area contributed by atoms with Crippen molar-refractivity contribution in [2.45, 2.75) is 45.2 Å². The van der Waals surface area contributed by atoms with Crippen LogP contribution in [0.4, 0.5) is 0 Å². The van der Waals surface area contributed by atoms with E-state index in [1.165, 1.54) is 15.8 Å². The Morgan fingerprint density at radius 1 is 1.35 bits per heavy atom. The van der Waals surface area contributed by atoms with Gasteiger partial charge in [-0.15, -0.1) is 0 Å². The molecule has 7 heteroatoms. The van der Waals surface area contributed by atoms with Gasteiger partial charge in [0.2, 0.25) is 5.91 Å². The maximum Gasteiger partial charge on any atom is 0.261 e. The van der Waals surface area contributed by atoms with Crippen LogP contribution in [0.15, 0.2) is 35.4 Å². The van der Waals surface area contributed by atoms with E-state index < -0.39 is 18.1 Å². The number of carbonyl (C=O) groups excluding carboxylic acids is 2. The molecule has 1 amide bonds. The highest BCUT2D eigenvalue weighted by molar-refractivity contribution is 5.86. The summed E-state index contributed by atoms with van der Waals surface area (Å²) in [5.74, 6) is -1.75. The molecule has 0 spiro atoms. The summed E-state index contributed by atoms with van der Waals surface area (Å²) in [7, 11) is 0. The van der Waals surface area contributed by atoms with Gasteiger partial charge in [-0.2, -0.15) is 0 Å². The van der Waals surface area contributed by atoms with Crippen LogP contribution in [0.1, 0.15) is 39.2 Å². The molecule has 3 rings (SSSR count). The molecule has 2 aromatic rings. The van der Waals surface area contributed by atoms with Gasteiger partial charge in [-0.25, -0.2) is 4.98 Å². The number of hydrogen-bond acceptors (Lipinski definition) is 5. The monoisotopic (exact) mass is 356 g/mol. The Hall–Kier alpha value is -2.70. The fourth-order valence-electron chi connectivity index (χ4n) is 3.59. The molecule has 1 aliphatic heterocycles. The largest absolute Gasteiger partial charge is 0.548 e. The fourth-order valence-corrected chi connectivity index (χ4v) is 3.59. The van der Waals surface area contributed by atoms with E-state index in [-0.39, 0.29) is 17.4 Å². The summed E-state index contributed by atoms with van der Waals surface area (Å²) in [4.78, 5) is 43.2. The van der Waals surface area contributed by atoms with Crippen molar-refractivity contribution in [3.8, 4) is 0 Å². The number of benzene rings is 1. The lowest BCUT2D eigenvalue weighted by atomic mass is 9.97. The lowest BCUT2D eigenvalue weighted by Crippen LogP contribution is -2.50. The van der Waals surface area contributed by atoms with Crippen LogP contribution in [0.25, 0.3) is 10.9 Å². The number of likely N-dealkylation sites (tertiary alicyclic amines) is 1. The summed E-state index contributed by atoms with van der Waals surface area (Å²) >= 11 is 0. The zero-order valence-electron chi connectivity index (χ0n) is 14.9. The Balaban J connectivity index is 2.07. The number of aliphatic carboxylic acids is 1. The highest BCUT2D eigenvalue weighted by atomic mass is 16.4. The lowest BCUT2D eigenvalue weighted by molar-refractivity contribution is -0.310. The van der Waals surface area contributed by atoms with Gasteiger partial charge in [0.1, 0.15) is 6.04 Å². The topological polar surface area (TPSA) is 95.3 Å². The normalized spacial score (nSPS) is 19.5. The minimum Gasteiger partial charge on any atom is -0.548 e. The summed E-state index contributed by atoms with van der Waals surface area (Å²) in [6, 6.07) is 5.25. The second-order valence-corrected chi connectivity index (χ2v) is 6.81. The first kappa shape index (κ1) is 18.1. The minimum absolute atomic E-state index is 0.147. The van der Waals surface area contributed by atoms with Gasteiger partial charge in [-0.05, 0) is 30.9 Å².